The van der Waals surface area contributed by atoms with Crippen LogP contribution in [-0.2, 0) is 14.3 Å². The highest BCUT2D eigenvalue weighted by molar-refractivity contribution is 7.11. The number of thiazole rings is 1. The van der Waals surface area contributed by atoms with Crippen LogP contribution in [0.4, 0.5) is 0 Å². The topological polar surface area (TPSA) is 59.5 Å². The van der Waals surface area contributed by atoms with E-state index < -0.39 is 11.4 Å². The first-order chi connectivity index (χ1) is 10.2. The highest BCUT2D eigenvalue weighted by Crippen LogP contribution is 2.49. The van der Waals surface area contributed by atoms with Crippen LogP contribution < -0.4 is 0 Å². The molecule has 0 unspecified atom stereocenters. The molecule has 0 bridgehead atoms. The predicted octanol–water partition coefficient (Wildman–Crippen LogP) is 3.05. The van der Waals surface area contributed by atoms with Crippen LogP contribution in [0.15, 0.2) is 0 Å². The van der Waals surface area contributed by atoms with Gasteiger partial charge in [-0.25, -0.2) is 4.98 Å². The van der Waals surface area contributed by atoms with Gasteiger partial charge in [-0.2, -0.15) is 0 Å². The summed E-state index contributed by atoms with van der Waals surface area (Å²) in [5.41, 5.74) is 0.0146. The van der Waals surface area contributed by atoms with E-state index in [2.05, 4.69) is 18.8 Å². The molecule has 6 heteroatoms. The highest BCUT2D eigenvalue weighted by Gasteiger charge is 2.59. The summed E-state index contributed by atoms with van der Waals surface area (Å²) in [5, 5.41) is 1.08. The number of ether oxygens (including phenoxy) is 1. The molecule has 1 fully saturated rings. The van der Waals surface area contributed by atoms with Crippen LogP contribution in [0.3, 0.4) is 0 Å². The Morgan fingerprint density at radius 3 is 2.32 bits per heavy atom. The highest BCUT2D eigenvalue weighted by atomic mass is 32.1. The summed E-state index contributed by atoms with van der Waals surface area (Å²) in [4.78, 5) is 31.9. The van der Waals surface area contributed by atoms with E-state index in [-0.39, 0.29) is 11.9 Å². The van der Waals surface area contributed by atoms with Gasteiger partial charge in [0.05, 0.1) is 23.9 Å². The molecule has 5 nitrogen and oxygen atoms in total. The number of esters is 1. The molecule has 1 amide bonds. The van der Waals surface area contributed by atoms with E-state index in [1.165, 1.54) is 7.11 Å². The van der Waals surface area contributed by atoms with Crippen LogP contribution in [0.5, 0.6) is 0 Å². The fourth-order valence-corrected chi connectivity index (χ4v) is 3.74. The summed E-state index contributed by atoms with van der Waals surface area (Å²) in [6.45, 7) is 8.17. The van der Waals surface area contributed by atoms with Gasteiger partial charge >= 0.3 is 5.97 Å². The van der Waals surface area contributed by atoms with Gasteiger partial charge in [-0.15, -0.1) is 11.3 Å². The summed E-state index contributed by atoms with van der Waals surface area (Å²) >= 11 is 1.65. The molecular formula is C16H24N2O3S. The van der Waals surface area contributed by atoms with Crippen molar-refractivity contribution in [1.29, 1.82) is 0 Å². The quantitative estimate of drug-likeness (QED) is 0.617. The number of hydrogen-bond acceptors (Lipinski definition) is 5. The second kappa shape index (κ2) is 5.99. The Morgan fingerprint density at radius 1 is 1.32 bits per heavy atom. The number of amides is 1. The van der Waals surface area contributed by atoms with Gasteiger partial charge in [0.15, 0.2) is 0 Å². The molecule has 0 radical (unpaired) electrons. The Kier molecular flexibility index (Phi) is 4.61. The van der Waals surface area contributed by atoms with Crippen LogP contribution in [0.1, 0.15) is 61.2 Å². The smallest absolute Gasteiger partial charge is 0.321 e. The van der Waals surface area contributed by atoms with Crippen molar-refractivity contribution in [2.24, 2.45) is 5.41 Å². The molecule has 0 aromatic carbocycles. The van der Waals surface area contributed by atoms with Gasteiger partial charge < -0.3 is 9.64 Å². The van der Waals surface area contributed by atoms with Crippen LogP contribution in [0.2, 0.25) is 0 Å². The molecule has 122 valence electrons. The summed E-state index contributed by atoms with van der Waals surface area (Å²) in [7, 11) is 3.09. The molecule has 22 heavy (non-hydrogen) atoms. The first kappa shape index (κ1) is 16.9. The lowest BCUT2D eigenvalue weighted by Gasteiger charge is -2.27. The van der Waals surface area contributed by atoms with Gasteiger partial charge in [0.2, 0.25) is 5.91 Å². The average molecular weight is 324 g/mol. The molecule has 1 aromatic rings. The third kappa shape index (κ3) is 2.76. The lowest BCUT2D eigenvalue weighted by molar-refractivity contribution is -0.156. The molecule has 1 atom stereocenters. The third-order valence-corrected chi connectivity index (χ3v) is 5.99. The minimum atomic E-state index is -0.947. The minimum Gasteiger partial charge on any atom is -0.468 e. The molecular weight excluding hydrogens is 300 g/mol. The normalized spacial score (nSPS) is 17.2. The number of methoxy groups -OCH3 is 1. The first-order valence-corrected chi connectivity index (χ1v) is 8.39. The van der Waals surface area contributed by atoms with Gasteiger partial charge in [0.25, 0.3) is 0 Å². The Labute approximate surface area is 135 Å². The van der Waals surface area contributed by atoms with Crippen molar-refractivity contribution in [1.82, 2.24) is 9.88 Å². The van der Waals surface area contributed by atoms with E-state index in [4.69, 9.17) is 4.74 Å². The number of aryl methyl sites for hydroxylation is 1. The Balaban J connectivity index is 2.21. The van der Waals surface area contributed by atoms with Gasteiger partial charge in [0, 0.05) is 17.8 Å². The molecule has 2 rings (SSSR count). The molecule has 1 saturated carbocycles. The van der Waals surface area contributed by atoms with Crippen LogP contribution >= 0.6 is 11.3 Å². The SMILES string of the molecule is COC(=O)C1(C(=O)N(C)[C@H](C)c2sc(C(C)C)nc2C)CC1. The summed E-state index contributed by atoms with van der Waals surface area (Å²) in [6, 6.07) is -0.0976. The number of carbonyl (C=O) groups excluding carboxylic acids is 2. The second-order valence-electron chi connectivity index (χ2n) is 6.32. The van der Waals surface area contributed by atoms with Crippen LogP contribution in [-0.4, -0.2) is 35.9 Å². The average Bonchev–Trinajstić information content (AvgIpc) is 3.21. The van der Waals surface area contributed by atoms with E-state index in [0.717, 1.165) is 15.6 Å². The number of rotatable bonds is 5. The predicted molar refractivity (Wildman–Crippen MR) is 85.8 cm³/mol. The summed E-state index contributed by atoms with van der Waals surface area (Å²) in [6.07, 6.45) is 1.16. The Hall–Kier alpha value is -1.43. The lowest BCUT2D eigenvalue weighted by Crippen LogP contribution is -2.40. The van der Waals surface area contributed by atoms with Crippen molar-refractivity contribution >= 4 is 23.2 Å². The van der Waals surface area contributed by atoms with E-state index in [9.17, 15) is 9.59 Å². The van der Waals surface area contributed by atoms with Crippen molar-refractivity contribution in [3.05, 3.63) is 15.6 Å². The fourth-order valence-electron chi connectivity index (χ4n) is 2.58. The maximum Gasteiger partial charge on any atom is 0.321 e. The van der Waals surface area contributed by atoms with E-state index in [0.29, 0.717) is 18.8 Å². The van der Waals surface area contributed by atoms with Crippen molar-refractivity contribution < 1.29 is 14.3 Å². The van der Waals surface area contributed by atoms with Gasteiger partial charge in [-0.05, 0) is 26.7 Å². The van der Waals surface area contributed by atoms with E-state index >= 15 is 0 Å². The fraction of sp³-hybridized carbons (Fsp3) is 0.688. The van der Waals surface area contributed by atoms with Crippen LogP contribution in [0.25, 0.3) is 0 Å². The van der Waals surface area contributed by atoms with Gasteiger partial charge in [-0.1, -0.05) is 13.8 Å². The Morgan fingerprint density at radius 2 is 1.91 bits per heavy atom. The van der Waals surface area contributed by atoms with Crippen molar-refractivity contribution in [2.75, 3.05) is 14.2 Å². The van der Waals surface area contributed by atoms with Gasteiger partial charge in [0.1, 0.15) is 5.41 Å². The zero-order valence-electron chi connectivity index (χ0n) is 14.1. The van der Waals surface area contributed by atoms with Crippen molar-refractivity contribution in [3.63, 3.8) is 0 Å². The maximum absolute atomic E-state index is 12.7. The molecule has 1 heterocycles. The summed E-state index contributed by atoms with van der Waals surface area (Å²) in [5.74, 6) is -0.193. The standard InChI is InChI=1S/C16H24N2O3S/c1-9(2)13-17-10(3)12(22-13)11(4)18(5)14(19)16(7-8-16)15(20)21-6/h9,11H,7-8H2,1-6H3/t11-/m1/s1. The largest absolute Gasteiger partial charge is 0.468 e. The first-order valence-electron chi connectivity index (χ1n) is 7.57. The Bertz CT molecular complexity index is 590. The molecule has 1 aliphatic carbocycles. The maximum atomic E-state index is 12.7. The summed E-state index contributed by atoms with van der Waals surface area (Å²) < 4.78 is 4.80. The van der Waals surface area contributed by atoms with E-state index in [1.807, 2.05) is 13.8 Å². The number of aromatic nitrogens is 1. The second-order valence-corrected chi connectivity index (χ2v) is 7.38. The molecule has 0 aliphatic heterocycles. The van der Waals surface area contributed by atoms with E-state index in [1.54, 1.807) is 23.3 Å². The van der Waals surface area contributed by atoms with Gasteiger partial charge in [-0.3, -0.25) is 9.59 Å². The van der Waals surface area contributed by atoms with Crippen LogP contribution in [0, 0.1) is 12.3 Å². The number of hydrogen-bond donors (Lipinski definition) is 0. The molecule has 0 saturated heterocycles. The molecule has 1 aromatic heterocycles. The molecule has 1 aliphatic rings. The zero-order chi connectivity index (χ0) is 16.7. The molecule has 0 spiro atoms. The third-order valence-electron chi connectivity index (χ3n) is 4.36. The lowest BCUT2D eigenvalue weighted by atomic mass is 10.0. The van der Waals surface area contributed by atoms with Crippen molar-refractivity contribution in [3.8, 4) is 0 Å². The molecule has 0 N–H and O–H groups in total. The zero-order valence-corrected chi connectivity index (χ0v) is 14.9. The monoisotopic (exact) mass is 324 g/mol. The van der Waals surface area contributed by atoms with Crippen molar-refractivity contribution in [2.45, 2.75) is 52.5 Å². The number of carbonyl (C=O) groups is 2. The minimum absolute atomic E-state index is 0.0976. The number of nitrogens with zero attached hydrogens (tertiary/aromatic N) is 2.